The molecule has 0 aliphatic carbocycles. The molecule has 1 aromatic heterocycles. The first-order valence-corrected chi connectivity index (χ1v) is 6.49. The first-order valence-electron chi connectivity index (χ1n) is 6.49. The molecule has 6 nitrogen and oxygen atoms in total. The van der Waals surface area contributed by atoms with Gasteiger partial charge in [0, 0.05) is 19.3 Å². The Balaban J connectivity index is 2.38. The van der Waals surface area contributed by atoms with Crippen molar-refractivity contribution in [3.8, 4) is 0 Å². The maximum Gasteiger partial charge on any atom is 0.376 e. The van der Waals surface area contributed by atoms with Gasteiger partial charge in [0.2, 0.25) is 5.82 Å². The Kier molecular flexibility index (Phi) is 6.81. The zero-order chi connectivity index (χ0) is 14.1. The van der Waals surface area contributed by atoms with Crippen LogP contribution in [0.2, 0.25) is 0 Å². The monoisotopic (exact) mass is 267 g/mol. The van der Waals surface area contributed by atoms with E-state index in [1.54, 1.807) is 13.0 Å². The van der Waals surface area contributed by atoms with Gasteiger partial charge in [-0.15, -0.1) is 0 Å². The van der Waals surface area contributed by atoms with Crippen LogP contribution in [0.1, 0.15) is 37.8 Å². The van der Waals surface area contributed by atoms with E-state index in [0.717, 1.165) is 13.0 Å². The highest BCUT2D eigenvalue weighted by molar-refractivity contribution is 5.85. The van der Waals surface area contributed by atoms with E-state index in [-0.39, 0.29) is 11.9 Å². The van der Waals surface area contributed by atoms with Crippen molar-refractivity contribution in [1.29, 1.82) is 0 Å². The maximum atomic E-state index is 11.5. The summed E-state index contributed by atoms with van der Waals surface area (Å²) in [6.07, 6.45) is 2.65. The Morgan fingerprint density at radius 3 is 2.95 bits per heavy atom. The largest absolute Gasteiger partial charge is 0.460 e. The molecule has 0 amide bonds. The van der Waals surface area contributed by atoms with Gasteiger partial charge in [0.15, 0.2) is 0 Å². The Bertz CT molecular complexity index is 396. The number of esters is 1. The van der Waals surface area contributed by atoms with Crippen molar-refractivity contribution in [2.45, 2.75) is 33.3 Å². The van der Waals surface area contributed by atoms with Crippen molar-refractivity contribution >= 4 is 11.8 Å². The van der Waals surface area contributed by atoms with Crippen LogP contribution in [0.4, 0.5) is 5.82 Å². The van der Waals surface area contributed by atoms with Gasteiger partial charge in [0.1, 0.15) is 5.82 Å². The topological polar surface area (TPSA) is 73.3 Å². The summed E-state index contributed by atoms with van der Waals surface area (Å²) < 4.78 is 10.3. The second-order valence-corrected chi connectivity index (χ2v) is 4.19. The van der Waals surface area contributed by atoms with Crippen molar-refractivity contribution in [3.63, 3.8) is 0 Å². The number of hydrogen-bond donors (Lipinski definition) is 1. The quantitative estimate of drug-likeness (QED) is 0.572. The molecule has 0 spiro atoms. The zero-order valence-corrected chi connectivity index (χ0v) is 11.7. The highest BCUT2D eigenvalue weighted by Gasteiger charge is 2.10. The SMILES string of the molecule is CCOC(=O)c1nccc(NCCCOC(C)C)n1. The standard InChI is InChI=1S/C13H21N3O3/c1-4-18-13(17)12-15-8-6-11(16-12)14-7-5-9-19-10(2)3/h6,8,10H,4-5,7,9H2,1-3H3,(H,14,15,16). The highest BCUT2D eigenvalue weighted by atomic mass is 16.5. The lowest BCUT2D eigenvalue weighted by atomic mass is 10.4. The minimum atomic E-state index is -0.505. The number of nitrogens with one attached hydrogen (secondary N) is 1. The molecule has 1 rings (SSSR count). The summed E-state index contributed by atoms with van der Waals surface area (Å²) in [4.78, 5) is 19.4. The average Bonchev–Trinajstić information content (AvgIpc) is 2.38. The average molecular weight is 267 g/mol. The van der Waals surface area contributed by atoms with Crippen molar-refractivity contribution in [2.24, 2.45) is 0 Å². The summed E-state index contributed by atoms with van der Waals surface area (Å²) in [5.41, 5.74) is 0. The number of carbonyl (C=O) groups excluding carboxylic acids is 1. The van der Waals surface area contributed by atoms with E-state index < -0.39 is 5.97 Å². The first kappa shape index (κ1) is 15.4. The van der Waals surface area contributed by atoms with Crippen LogP contribution in [0, 0.1) is 0 Å². The van der Waals surface area contributed by atoms with Gasteiger partial charge in [-0.05, 0) is 33.3 Å². The Labute approximate surface area is 113 Å². The molecular weight excluding hydrogens is 246 g/mol. The lowest BCUT2D eigenvalue weighted by Crippen LogP contribution is -2.13. The van der Waals surface area contributed by atoms with Gasteiger partial charge in [-0.25, -0.2) is 14.8 Å². The minimum Gasteiger partial charge on any atom is -0.460 e. The Morgan fingerprint density at radius 2 is 2.26 bits per heavy atom. The van der Waals surface area contributed by atoms with Crippen LogP contribution in [-0.4, -0.2) is 41.8 Å². The number of hydrogen-bond acceptors (Lipinski definition) is 6. The number of ether oxygens (including phenoxy) is 2. The molecular formula is C13H21N3O3. The van der Waals surface area contributed by atoms with Gasteiger partial charge >= 0.3 is 5.97 Å². The molecule has 0 saturated carbocycles. The molecule has 1 N–H and O–H groups in total. The molecule has 106 valence electrons. The third-order valence-corrected chi connectivity index (χ3v) is 2.19. The molecule has 0 aliphatic rings. The normalized spacial score (nSPS) is 10.5. The van der Waals surface area contributed by atoms with E-state index in [2.05, 4.69) is 15.3 Å². The van der Waals surface area contributed by atoms with Crippen LogP contribution >= 0.6 is 0 Å². The van der Waals surface area contributed by atoms with Gasteiger partial charge in [-0.1, -0.05) is 0 Å². The molecule has 0 unspecified atom stereocenters. The fourth-order valence-electron chi connectivity index (χ4n) is 1.36. The molecule has 1 heterocycles. The van der Waals surface area contributed by atoms with Crippen molar-refractivity contribution in [1.82, 2.24) is 9.97 Å². The van der Waals surface area contributed by atoms with Crippen LogP contribution in [0.15, 0.2) is 12.3 Å². The fraction of sp³-hybridized carbons (Fsp3) is 0.615. The smallest absolute Gasteiger partial charge is 0.376 e. The third kappa shape index (κ3) is 6.15. The number of anilines is 1. The molecule has 0 radical (unpaired) electrons. The van der Waals surface area contributed by atoms with Gasteiger partial charge in [0.05, 0.1) is 12.7 Å². The molecule has 1 aromatic rings. The molecule has 0 bridgehead atoms. The van der Waals surface area contributed by atoms with E-state index in [4.69, 9.17) is 9.47 Å². The third-order valence-electron chi connectivity index (χ3n) is 2.19. The second kappa shape index (κ2) is 8.42. The van der Waals surface area contributed by atoms with E-state index in [9.17, 15) is 4.79 Å². The number of carbonyl (C=O) groups is 1. The van der Waals surface area contributed by atoms with Gasteiger partial charge < -0.3 is 14.8 Å². The van der Waals surface area contributed by atoms with Crippen LogP contribution < -0.4 is 5.32 Å². The number of nitrogens with zero attached hydrogens (tertiary/aromatic N) is 2. The van der Waals surface area contributed by atoms with Crippen LogP contribution in [0.25, 0.3) is 0 Å². The van der Waals surface area contributed by atoms with Crippen LogP contribution in [0.3, 0.4) is 0 Å². The summed E-state index contributed by atoms with van der Waals surface area (Å²) >= 11 is 0. The number of aromatic nitrogens is 2. The fourth-order valence-corrected chi connectivity index (χ4v) is 1.36. The zero-order valence-electron chi connectivity index (χ0n) is 11.7. The summed E-state index contributed by atoms with van der Waals surface area (Å²) in [5.74, 6) is 0.183. The summed E-state index contributed by atoms with van der Waals surface area (Å²) in [7, 11) is 0. The van der Waals surface area contributed by atoms with Crippen molar-refractivity contribution < 1.29 is 14.3 Å². The molecule has 6 heteroatoms. The Hall–Kier alpha value is -1.69. The molecule has 0 aliphatic heterocycles. The predicted octanol–water partition coefficient (Wildman–Crippen LogP) is 1.88. The van der Waals surface area contributed by atoms with Crippen LogP contribution in [-0.2, 0) is 9.47 Å². The second-order valence-electron chi connectivity index (χ2n) is 4.19. The van der Waals surface area contributed by atoms with Crippen molar-refractivity contribution in [3.05, 3.63) is 18.1 Å². The van der Waals surface area contributed by atoms with E-state index in [0.29, 0.717) is 19.0 Å². The first-order chi connectivity index (χ1) is 9.13. The van der Waals surface area contributed by atoms with Gasteiger partial charge in [-0.2, -0.15) is 0 Å². The lowest BCUT2D eigenvalue weighted by Gasteiger charge is -2.09. The Morgan fingerprint density at radius 1 is 1.47 bits per heavy atom. The van der Waals surface area contributed by atoms with E-state index in [1.807, 2.05) is 13.8 Å². The summed E-state index contributed by atoms with van der Waals surface area (Å²) in [5, 5.41) is 3.12. The minimum absolute atomic E-state index is 0.0743. The van der Waals surface area contributed by atoms with Crippen LogP contribution in [0.5, 0.6) is 0 Å². The molecule has 0 saturated heterocycles. The molecule has 0 aromatic carbocycles. The van der Waals surface area contributed by atoms with E-state index >= 15 is 0 Å². The summed E-state index contributed by atoms with van der Waals surface area (Å²) in [6.45, 7) is 7.49. The maximum absolute atomic E-state index is 11.5. The molecule has 19 heavy (non-hydrogen) atoms. The van der Waals surface area contributed by atoms with Gasteiger partial charge in [0.25, 0.3) is 0 Å². The predicted molar refractivity (Wildman–Crippen MR) is 72.2 cm³/mol. The molecule has 0 fully saturated rings. The van der Waals surface area contributed by atoms with Crippen molar-refractivity contribution in [2.75, 3.05) is 25.1 Å². The van der Waals surface area contributed by atoms with Gasteiger partial charge in [-0.3, -0.25) is 0 Å². The lowest BCUT2D eigenvalue weighted by molar-refractivity contribution is 0.0512. The number of rotatable bonds is 8. The van der Waals surface area contributed by atoms with E-state index in [1.165, 1.54) is 6.20 Å². The highest BCUT2D eigenvalue weighted by Crippen LogP contribution is 2.03. The molecule has 0 atom stereocenters. The summed E-state index contributed by atoms with van der Waals surface area (Å²) in [6, 6.07) is 1.71.